The fourth-order valence-corrected chi connectivity index (χ4v) is 3.12. The van der Waals surface area contributed by atoms with Crippen molar-refractivity contribution in [2.24, 2.45) is 0 Å². The zero-order valence-corrected chi connectivity index (χ0v) is 12.6. The van der Waals surface area contributed by atoms with E-state index in [1.807, 2.05) is 12.1 Å². The number of hydrogen-bond acceptors (Lipinski definition) is 4. The molecule has 0 atom stereocenters. The highest BCUT2D eigenvalue weighted by Crippen LogP contribution is 2.25. The summed E-state index contributed by atoms with van der Waals surface area (Å²) in [4.78, 5) is 10.1. The predicted octanol–water partition coefficient (Wildman–Crippen LogP) is 2.72. The van der Waals surface area contributed by atoms with Crippen molar-refractivity contribution in [2.75, 3.05) is 19.4 Å². The third kappa shape index (κ3) is 2.86. The normalized spacial score (nSPS) is 22.4. The number of nitriles is 1. The number of hydrogen-bond donors (Lipinski definition) is 2. The first-order valence-corrected chi connectivity index (χ1v) is 7.49. The Kier molecular flexibility index (Phi) is 3.80. The second-order valence-corrected chi connectivity index (χ2v) is 6.01. The van der Waals surface area contributed by atoms with Crippen molar-refractivity contribution in [1.29, 1.82) is 5.26 Å². The largest absolute Gasteiger partial charge is 0.353 e. The third-order valence-electron chi connectivity index (χ3n) is 4.40. The molecule has 0 radical (unpaired) electrons. The number of rotatable bonds is 3. The van der Waals surface area contributed by atoms with E-state index in [2.05, 4.69) is 40.3 Å². The summed E-state index contributed by atoms with van der Waals surface area (Å²) in [6.07, 6.45) is 4.75. The van der Waals surface area contributed by atoms with E-state index in [0.29, 0.717) is 17.6 Å². The number of aromatic nitrogens is 2. The van der Waals surface area contributed by atoms with Gasteiger partial charge < -0.3 is 15.2 Å². The molecule has 1 heterocycles. The van der Waals surface area contributed by atoms with Gasteiger partial charge in [-0.15, -0.1) is 0 Å². The van der Waals surface area contributed by atoms with Gasteiger partial charge in [-0.2, -0.15) is 5.26 Å². The van der Waals surface area contributed by atoms with Gasteiger partial charge in [-0.25, -0.2) is 4.98 Å². The molecule has 0 bridgehead atoms. The van der Waals surface area contributed by atoms with Crippen LogP contribution in [0.5, 0.6) is 0 Å². The number of aromatic amines is 1. The SMILES string of the molecule is CN(C)C1CCC(Nc2nc3c(C#N)cccc3[nH]2)CC1. The maximum atomic E-state index is 9.12. The topological polar surface area (TPSA) is 67.7 Å². The van der Waals surface area contributed by atoms with Crippen molar-refractivity contribution in [3.63, 3.8) is 0 Å². The minimum Gasteiger partial charge on any atom is -0.353 e. The Bertz CT molecular complexity index is 659. The standard InChI is InChI=1S/C16H21N5/c1-21(2)13-8-6-12(7-9-13)18-16-19-14-5-3-4-11(10-17)15(14)20-16/h3-5,12-13H,6-9H2,1-2H3,(H2,18,19,20). The number of fused-ring (bicyclic) bond motifs is 1. The summed E-state index contributed by atoms with van der Waals surface area (Å²) >= 11 is 0. The first-order chi connectivity index (χ1) is 10.2. The van der Waals surface area contributed by atoms with Crippen LogP contribution in [0.1, 0.15) is 31.2 Å². The summed E-state index contributed by atoms with van der Waals surface area (Å²) in [6, 6.07) is 8.99. The number of nitrogens with zero attached hydrogens (tertiary/aromatic N) is 3. The molecule has 2 aromatic rings. The Balaban J connectivity index is 1.70. The number of anilines is 1. The van der Waals surface area contributed by atoms with Gasteiger partial charge in [0.15, 0.2) is 0 Å². The molecule has 110 valence electrons. The highest BCUT2D eigenvalue weighted by Gasteiger charge is 2.23. The molecule has 3 rings (SSSR count). The molecule has 0 aliphatic heterocycles. The lowest BCUT2D eigenvalue weighted by Crippen LogP contribution is -2.36. The fourth-order valence-electron chi connectivity index (χ4n) is 3.12. The summed E-state index contributed by atoms with van der Waals surface area (Å²) < 4.78 is 0. The molecule has 1 saturated carbocycles. The first kappa shape index (κ1) is 13.9. The quantitative estimate of drug-likeness (QED) is 0.909. The highest BCUT2D eigenvalue weighted by atomic mass is 15.1. The summed E-state index contributed by atoms with van der Waals surface area (Å²) in [6.45, 7) is 0. The maximum absolute atomic E-state index is 9.12. The van der Waals surface area contributed by atoms with Crippen LogP contribution in [0, 0.1) is 11.3 Å². The second-order valence-electron chi connectivity index (χ2n) is 6.01. The van der Waals surface area contributed by atoms with Crippen LogP contribution in [-0.4, -0.2) is 41.0 Å². The average molecular weight is 283 g/mol. The number of imidazole rings is 1. The summed E-state index contributed by atoms with van der Waals surface area (Å²) in [5, 5.41) is 12.6. The van der Waals surface area contributed by atoms with E-state index in [-0.39, 0.29) is 0 Å². The zero-order chi connectivity index (χ0) is 14.8. The molecule has 21 heavy (non-hydrogen) atoms. The molecule has 1 aliphatic rings. The van der Waals surface area contributed by atoms with Gasteiger partial charge >= 0.3 is 0 Å². The monoisotopic (exact) mass is 283 g/mol. The Hall–Kier alpha value is -2.06. The number of benzene rings is 1. The lowest BCUT2D eigenvalue weighted by atomic mass is 9.91. The summed E-state index contributed by atoms with van der Waals surface area (Å²) in [7, 11) is 4.31. The molecule has 0 unspecified atom stereocenters. The van der Waals surface area contributed by atoms with E-state index in [0.717, 1.165) is 29.8 Å². The van der Waals surface area contributed by atoms with Crippen LogP contribution in [-0.2, 0) is 0 Å². The lowest BCUT2D eigenvalue weighted by Gasteiger charge is -2.32. The van der Waals surface area contributed by atoms with Gasteiger partial charge in [0.25, 0.3) is 0 Å². The van der Waals surface area contributed by atoms with Crippen molar-refractivity contribution in [3.8, 4) is 6.07 Å². The van der Waals surface area contributed by atoms with Gasteiger partial charge in [0.05, 0.1) is 11.1 Å². The van der Waals surface area contributed by atoms with Gasteiger partial charge in [0.1, 0.15) is 11.6 Å². The van der Waals surface area contributed by atoms with Crippen LogP contribution < -0.4 is 5.32 Å². The van der Waals surface area contributed by atoms with Gasteiger partial charge in [0, 0.05) is 12.1 Å². The predicted molar refractivity (Wildman–Crippen MR) is 84.2 cm³/mol. The van der Waals surface area contributed by atoms with Crippen molar-refractivity contribution < 1.29 is 0 Å². The van der Waals surface area contributed by atoms with Gasteiger partial charge in [-0.05, 0) is 51.9 Å². The van der Waals surface area contributed by atoms with Crippen molar-refractivity contribution in [2.45, 2.75) is 37.8 Å². The van der Waals surface area contributed by atoms with Crippen LogP contribution in [0.25, 0.3) is 11.0 Å². The van der Waals surface area contributed by atoms with Crippen molar-refractivity contribution in [1.82, 2.24) is 14.9 Å². The molecule has 2 N–H and O–H groups in total. The van der Waals surface area contributed by atoms with E-state index < -0.39 is 0 Å². The van der Waals surface area contributed by atoms with Crippen molar-refractivity contribution in [3.05, 3.63) is 23.8 Å². The van der Waals surface area contributed by atoms with Crippen LogP contribution in [0.2, 0.25) is 0 Å². The number of nitrogens with one attached hydrogen (secondary N) is 2. The van der Waals surface area contributed by atoms with E-state index in [4.69, 9.17) is 5.26 Å². The lowest BCUT2D eigenvalue weighted by molar-refractivity contribution is 0.221. The van der Waals surface area contributed by atoms with E-state index in [1.54, 1.807) is 6.07 Å². The maximum Gasteiger partial charge on any atom is 0.201 e. The fraction of sp³-hybridized carbons (Fsp3) is 0.500. The molecule has 1 aromatic carbocycles. The molecule has 0 saturated heterocycles. The first-order valence-electron chi connectivity index (χ1n) is 7.49. The van der Waals surface area contributed by atoms with Crippen LogP contribution in [0.15, 0.2) is 18.2 Å². The minimum atomic E-state index is 0.465. The van der Waals surface area contributed by atoms with Gasteiger partial charge in [-0.1, -0.05) is 6.07 Å². The Morgan fingerprint density at radius 2 is 2.05 bits per heavy atom. The summed E-state index contributed by atoms with van der Waals surface area (Å²) in [5.41, 5.74) is 2.29. The van der Waals surface area contributed by atoms with Gasteiger partial charge in [0.2, 0.25) is 5.95 Å². The number of H-pyrrole nitrogens is 1. The minimum absolute atomic E-state index is 0.465. The smallest absolute Gasteiger partial charge is 0.201 e. The number of para-hydroxylation sites is 1. The third-order valence-corrected chi connectivity index (χ3v) is 4.40. The molecule has 5 nitrogen and oxygen atoms in total. The van der Waals surface area contributed by atoms with Crippen molar-refractivity contribution >= 4 is 17.0 Å². The van der Waals surface area contributed by atoms with Crippen LogP contribution in [0.3, 0.4) is 0 Å². The molecule has 1 aromatic heterocycles. The van der Waals surface area contributed by atoms with E-state index in [9.17, 15) is 0 Å². The molecular weight excluding hydrogens is 262 g/mol. The highest BCUT2D eigenvalue weighted by molar-refractivity contribution is 5.83. The van der Waals surface area contributed by atoms with Crippen LogP contribution >= 0.6 is 0 Å². The molecule has 1 fully saturated rings. The molecule has 5 heteroatoms. The molecule has 0 amide bonds. The van der Waals surface area contributed by atoms with Gasteiger partial charge in [-0.3, -0.25) is 0 Å². The average Bonchev–Trinajstić information content (AvgIpc) is 2.90. The Labute approximate surface area is 125 Å². The molecular formula is C16H21N5. The Morgan fingerprint density at radius 1 is 1.29 bits per heavy atom. The van der Waals surface area contributed by atoms with E-state index >= 15 is 0 Å². The van der Waals surface area contributed by atoms with E-state index in [1.165, 1.54) is 12.8 Å². The van der Waals surface area contributed by atoms with Crippen LogP contribution in [0.4, 0.5) is 5.95 Å². The Morgan fingerprint density at radius 3 is 2.71 bits per heavy atom. The second kappa shape index (κ2) is 5.74. The summed E-state index contributed by atoms with van der Waals surface area (Å²) in [5.74, 6) is 0.779. The molecule has 1 aliphatic carbocycles. The zero-order valence-electron chi connectivity index (χ0n) is 12.6. The molecule has 0 spiro atoms.